The number of rotatable bonds is 7. The van der Waals surface area contributed by atoms with Gasteiger partial charge in [-0.25, -0.2) is 4.39 Å². The van der Waals surface area contributed by atoms with Crippen molar-refractivity contribution in [1.82, 2.24) is 10.6 Å². The quantitative estimate of drug-likeness (QED) is 0.713. The Balaban J connectivity index is 2.16. The Labute approximate surface area is 104 Å². The molecule has 0 amide bonds. The van der Waals surface area contributed by atoms with Crippen molar-refractivity contribution < 1.29 is 4.39 Å². The van der Waals surface area contributed by atoms with Crippen LogP contribution in [0, 0.1) is 18.7 Å². The fraction of sp³-hybridized carbons (Fsp3) is 0.571. The zero-order chi connectivity index (χ0) is 12.7. The van der Waals surface area contributed by atoms with Gasteiger partial charge in [0.1, 0.15) is 5.82 Å². The van der Waals surface area contributed by atoms with Crippen LogP contribution in [0.3, 0.4) is 0 Å². The molecule has 96 valence electrons. The molecule has 0 bridgehead atoms. The van der Waals surface area contributed by atoms with Crippen LogP contribution >= 0.6 is 0 Å². The maximum absolute atomic E-state index is 13.0. The first-order chi connectivity index (χ1) is 8.09. The van der Waals surface area contributed by atoms with E-state index in [0.29, 0.717) is 11.5 Å². The van der Waals surface area contributed by atoms with Gasteiger partial charge in [-0.3, -0.25) is 0 Å². The molecule has 1 aromatic rings. The van der Waals surface area contributed by atoms with E-state index >= 15 is 0 Å². The van der Waals surface area contributed by atoms with E-state index < -0.39 is 0 Å². The molecule has 3 heteroatoms. The van der Waals surface area contributed by atoms with Crippen LogP contribution in [0.15, 0.2) is 18.2 Å². The van der Waals surface area contributed by atoms with Gasteiger partial charge < -0.3 is 10.6 Å². The first-order valence-electron chi connectivity index (χ1n) is 6.26. The van der Waals surface area contributed by atoms with Crippen molar-refractivity contribution >= 4 is 0 Å². The number of benzene rings is 1. The van der Waals surface area contributed by atoms with E-state index in [1.807, 2.05) is 12.1 Å². The van der Waals surface area contributed by atoms with Gasteiger partial charge in [0.2, 0.25) is 0 Å². The third kappa shape index (κ3) is 5.80. The molecule has 1 rings (SSSR count). The lowest BCUT2D eigenvalue weighted by Gasteiger charge is -2.09. The van der Waals surface area contributed by atoms with E-state index in [1.165, 1.54) is 6.07 Å². The summed E-state index contributed by atoms with van der Waals surface area (Å²) < 4.78 is 13.0. The lowest BCUT2D eigenvalue weighted by atomic mass is 10.1. The molecule has 0 aliphatic heterocycles. The molecular weight excluding hydrogens is 215 g/mol. The van der Waals surface area contributed by atoms with Crippen molar-refractivity contribution in [2.45, 2.75) is 27.3 Å². The highest BCUT2D eigenvalue weighted by Crippen LogP contribution is 2.08. The number of nitrogens with one attached hydrogen (secondary N) is 2. The topological polar surface area (TPSA) is 24.1 Å². The van der Waals surface area contributed by atoms with Gasteiger partial charge in [0.15, 0.2) is 0 Å². The Kier molecular flexibility index (Phi) is 6.16. The largest absolute Gasteiger partial charge is 0.315 e. The molecule has 0 saturated carbocycles. The first-order valence-corrected chi connectivity index (χ1v) is 6.26. The minimum Gasteiger partial charge on any atom is -0.315 e. The van der Waals surface area contributed by atoms with E-state index in [0.717, 1.165) is 31.7 Å². The monoisotopic (exact) mass is 238 g/mol. The van der Waals surface area contributed by atoms with E-state index in [1.54, 1.807) is 6.92 Å². The van der Waals surface area contributed by atoms with Crippen molar-refractivity contribution in [1.29, 1.82) is 0 Å². The summed E-state index contributed by atoms with van der Waals surface area (Å²) in [5.74, 6) is 0.557. The number of hydrogen-bond donors (Lipinski definition) is 2. The van der Waals surface area contributed by atoms with Crippen LogP contribution in [-0.4, -0.2) is 19.6 Å². The molecule has 0 radical (unpaired) electrons. The summed E-state index contributed by atoms with van der Waals surface area (Å²) in [4.78, 5) is 0. The van der Waals surface area contributed by atoms with Crippen molar-refractivity contribution in [3.05, 3.63) is 35.1 Å². The Morgan fingerprint density at radius 1 is 1.18 bits per heavy atom. The summed E-state index contributed by atoms with van der Waals surface area (Å²) in [6.07, 6.45) is 0. The minimum atomic E-state index is -0.132. The molecule has 0 heterocycles. The summed E-state index contributed by atoms with van der Waals surface area (Å²) in [6, 6.07) is 5.25. The van der Waals surface area contributed by atoms with Gasteiger partial charge in [0.05, 0.1) is 0 Å². The highest BCUT2D eigenvalue weighted by Gasteiger charge is 1.98. The maximum Gasteiger partial charge on any atom is 0.126 e. The molecule has 0 atom stereocenters. The van der Waals surface area contributed by atoms with E-state index in [2.05, 4.69) is 24.5 Å². The molecule has 0 unspecified atom stereocenters. The minimum absolute atomic E-state index is 0.132. The molecule has 17 heavy (non-hydrogen) atoms. The molecule has 0 aromatic heterocycles. The average molecular weight is 238 g/mol. The summed E-state index contributed by atoms with van der Waals surface area (Å²) in [5, 5.41) is 6.71. The molecule has 0 saturated heterocycles. The van der Waals surface area contributed by atoms with Gasteiger partial charge in [0.25, 0.3) is 0 Å². The third-order valence-corrected chi connectivity index (χ3v) is 2.58. The van der Waals surface area contributed by atoms with Crippen LogP contribution in [0.1, 0.15) is 25.0 Å². The van der Waals surface area contributed by atoms with Crippen LogP contribution in [0.25, 0.3) is 0 Å². The van der Waals surface area contributed by atoms with E-state index in [4.69, 9.17) is 0 Å². The summed E-state index contributed by atoms with van der Waals surface area (Å²) >= 11 is 0. The lowest BCUT2D eigenvalue weighted by molar-refractivity contribution is 0.535. The summed E-state index contributed by atoms with van der Waals surface area (Å²) in [5.41, 5.74) is 1.84. The molecule has 0 fully saturated rings. The normalized spacial score (nSPS) is 11.1. The zero-order valence-electron chi connectivity index (χ0n) is 11.0. The SMILES string of the molecule is Cc1cc(CNCCNCC(C)C)ccc1F. The second-order valence-corrected chi connectivity index (χ2v) is 4.86. The van der Waals surface area contributed by atoms with Crippen LogP contribution in [0.2, 0.25) is 0 Å². The summed E-state index contributed by atoms with van der Waals surface area (Å²) in [7, 11) is 0. The molecule has 1 aromatic carbocycles. The van der Waals surface area contributed by atoms with Crippen LogP contribution < -0.4 is 10.6 Å². The van der Waals surface area contributed by atoms with Crippen molar-refractivity contribution in [3.63, 3.8) is 0 Å². The second kappa shape index (κ2) is 7.41. The highest BCUT2D eigenvalue weighted by molar-refractivity contribution is 5.23. The van der Waals surface area contributed by atoms with Crippen LogP contribution in [0.4, 0.5) is 4.39 Å². The number of hydrogen-bond acceptors (Lipinski definition) is 2. The van der Waals surface area contributed by atoms with Crippen molar-refractivity contribution in [2.75, 3.05) is 19.6 Å². The Morgan fingerprint density at radius 3 is 2.53 bits per heavy atom. The Bertz CT molecular complexity index is 337. The smallest absolute Gasteiger partial charge is 0.126 e. The maximum atomic E-state index is 13.0. The first kappa shape index (κ1) is 14.1. The van der Waals surface area contributed by atoms with Gasteiger partial charge in [-0.05, 0) is 36.6 Å². The van der Waals surface area contributed by atoms with Gasteiger partial charge in [-0.2, -0.15) is 0 Å². The molecule has 0 aliphatic carbocycles. The number of aryl methyl sites for hydroxylation is 1. The standard InChI is InChI=1S/C14H23FN2/c1-11(2)9-16-6-7-17-10-13-4-5-14(15)12(3)8-13/h4-5,8,11,16-17H,6-7,9-10H2,1-3H3. The molecular formula is C14H23FN2. The highest BCUT2D eigenvalue weighted by atomic mass is 19.1. The second-order valence-electron chi connectivity index (χ2n) is 4.86. The van der Waals surface area contributed by atoms with Gasteiger partial charge in [-0.15, -0.1) is 0 Å². The Hall–Kier alpha value is -0.930. The van der Waals surface area contributed by atoms with Gasteiger partial charge in [-0.1, -0.05) is 26.0 Å². The van der Waals surface area contributed by atoms with Crippen molar-refractivity contribution in [2.24, 2.45) is 5.92 Å². The average Bonchev–Trinajstić information content (AvgIpc) is 2.27. The predicted octanol–water partition coefficient (Wildman–Crippen LogP) is 2.47. The third-order valence-electron chi connectivity index (χ3n) is 2.58. The number of halogens is 1. The van der Waals surface area contributed by atoms with E-state index in [-0.39, 0.29) is 5.82 Å². The molecule has 2 nitrogen and oxygen atoms in total. The predicted molar refractivity (Wildman–Crippen MR) is 70.6 cm³/mol. The molecule has 0 aliphatic rings. The van der Waals surface area contributed by atoms with Crippen LogP contribution in [-0.2, 0) is 6.54 Å². The van der Waals surface area contributed by atoms with Gasteiger partial charge in [0, 0.05) is 19.6 Å². The molecule has 2 N–H and O–H groups in total. The van der Waals surface area contributed by atoms with Crippen molar-refractivity contribution in [3.8, 4) is 0 Å². The van der Waals surface area contributed by atoms with Gasteiger partial charge >= 0.3 is 0 Å². The lowest BCUT2D eigenvalue weighted by Crippen LogP contribution is -2.29. The fourth-order valence-electron chi connectivity index (χ4n) is 1.62. The zero-order valence-corrected chi connectivity index (χ0v) is 11.0. The molecule has 0 spiro atoms. The Morgan fingerprint density at radius 2 is 1.88 bits per heavy atom. The van der Waals surface area contributed by atoms with E-state index in [9.17, 15) is 4.39 Å². The fourth-order valence-corrected chi connectivity index (χ4v) is 1.62. The summed E-state index contributed by atoms with van der Waals surface area (Å²) in [6.45, 7) is 9.94. The van der Waals surface area contributed by atoms with Crippen LogP contribution in [0.5, 0.6) is 0 Å².